The quantitative estimate of drug-likeness (QED) is 0.897. The molecular weight excluding hydrogens is 359 g/mol. The molecule has 0 radical (unpaired) electrons. The molecule has 0 fully saturated rings. The van der Waals surface area contributed by atoms with Gasteiger partial charge in [0.05, 0.1) is 5.69 Å². The third kappa shape index (κ3) is 3.09. The Labute approximate surface area is 131 Å². The van der Waals surface area contributed by atoms with Gasteiger partial charge in [-0.25, -0.2) is 12.8 Å². The number of hydrogen-bond donors (Lipinski definition) is 1. The Bertz CT molecular complexity index is 765. The summed E-state index contributed by atoms with van der Waals surface area (Å²) < 4.78 is 40.3. The molecule has 0 amide bonds. The van der Waals surface area contributed by atoms with Gasteiger partial charge in [-0.15, -0.1) is 0 Å². The van der Waals surface area contributed by atoms with Gasteiger partial charge in [0.2, 0.25) is 0 Å². The molecular formula is C14H14BrFN2O2S. The Hall–Kier alpha value is -1.44. The molecule has 21 heavy (non-hydrogen) atoms. The molecule has 0 spiro atoms. The minimum atomic E-state index is -3.86. The van der Waals surface area contributed by atoms with Crippen molar-refractivity contribution in [2.45, 2.75) is 11.4 Å². The number of benzene rings is 2. The first-order valence-corrected chi connectivity index (χ1v) is 8.33. The number of para-hydroxylation sites is 1. The van der Waals surface area contributed by atoms with Gasteiger partial charge in [-0.1, -0.05) is 18.2 Å². The van der Waals surface area contributed by atoms with Crippen LogP contribution >= 0.6 is 15.9 Å². The van der Waals surface area contributed by atoms with Crippen molar-refractivity contribution in [1.82, 2.24) is 0 Å². The predicted octanol–water partition coefficient (Wildman–Crippen LogP) is 2.87. The van der Waals surface area contributed by atoms with Crippen LogP contribution in [-0.2, 0) is 16.6 Å². The highest BCUT2D eigenvalue weighted by atomic mass is 79.9. The van der Waals surface area contributed by atoms with Gasteiger partial charge in [-0.2, -0.15) is 0 Å². The summed E-state index contributed by atoms with van der Waals surface area (Å²) in [5.41, 5.74) is 6.31. The average Bonchev–Trinajstić information content (AvgIpc) is 2.46. The van der Waals surface area contributed by atoms with Crippen LogP contribution in [0.15, 0.2) is 51.8 Å². The van der Waals surface area contributed by atoms with Crippen LogP contribution in [0.5, 0.6) is 0 Å². The fraction of sp³-hybridized carbons (Fsp3) is 0.143. The Morgan fingerprint density at radius 1 is 1.24 bits per heavy atom. The van der Waals surface area contributed by atoms with Crippen molar-refractivity contribution in [2.75, 3.05) is 11.4 Å². The smallest absolute Gasteiger partial charge is 0.265 e. The van der Waals surface area contributed by atoms with E-state index in [1.807, 2.05) is 0 Å². The van der Waals surface area contributed by atoms with E-state index in [0.29, 0.717) is 11.0 Å². The van der Waals surface area contributed by atoms with Crippen molar-refractivity contribution in [3.63, 3.8) is 0 Å². The van der Waals surface area contributed by atoms with E-state index in [9.17, 15) is 12.8 Å². The van der Waals surface area contributed by atoms with Crippen molar-refractivity contribution in [1.29, 1.82) is 0 Å². The summed E-state index contributed by atoms with van der Waals surface area (Å²) in [6.07, 6.45) is 0. The number of nitrogens with two attached hydrogens (primary N) is 1. The third-order valence-electron chi connectivity index (χ3n) is 3.06. The molecule has 2 aromatic carbocycles. The number of anilines is 1. The zero-order valence-corrected chi connectivity index (χ0v) is 13.7. The Balaban J connectivity index is 2.50. The maximum atomic E-state index is 13.8. The normalized spacial score (nSPS) is 11.4. The van der Waals surface area contributed by atoms with Crippen LogP contribution in [0.3, 0.4) is 0 Å². The lowest BCUT2D eigenvalue weighted by Gasteiger charge is -2.21. The summed E-state index contributed by atoms with van der Waals surface area (Å²) in [6.45, 7) is 0.308. The van der Waals surface area contributed by atoms with Crippen LogP contribution in [0.1, 0.15) is 5.56 Å². The number of hydrogen-bond acceptors (Lipinski definition) is 3. The molecule has 2 rings (SSSR count). The summed E-state index contributed by atoms with van der Waals surface area (Å²) >= 11 is 3.23. The van der Waals surface area contributed by atoms with E-state index in [1.165, 1.54) is 31.3 Å². The molecule has 2 N–H and O–H groups in total. The topological polar surface area (TPSA) is 63.4 Å². The van der Waals surface area contributed by atoms with Crippen LogP contribution in [0.2, 0.25) is 0 Å². The third-order valence-corrected chi connectivity index (χ3v) is 5.81. The first kappa shape index (κ1) is 15.9. The molecule has 0 aliphatic heterocycles. The number of halogens is 2. The highest BCUT2D eigenvalue weighted by Gasteiger charge is 2.25. The molecule has 0 saturated carbocycles. The van der Waals surface area contributed by atoms with E-state index >= 15 is 0 Å². The van der Waals surface area contributed by atoms with Crippen LogP contribution in [-0.4, -0.2) is 15.5 Å². The lowest BCUT2D eigenvalue weighted by molar-refractivity contribution is 0.589. The van der Waals surface area contributed by atoms with Gasteiger partial charge >= 0.3 is 0 Å². The largest absolute Gasteiger partial charge is 0.326 e. The highest BCUT2D eigenvalue weighted by molar-refractivity contribution is 9.10. The highest BCUT2D eigenvalue weighted by Crippen LogP contribution is 2.29. The number of sulfonamides is 1. The SMILES string of the molecule is CN(c1ccccc1F)S(=O)(=O)c1ccc(CN)cc1Br. The summed E-state index contributed by atoms with van der Waals surface area (Å²) in [5, 5.41) is 0. The molecule has 0 heterocycles. The molecule has 0 aliphatic carbocycles. The second kappa shape index (κ2) is 6.13. The molecule has 0 unspecified atom stereocenters. The Kier molecular flexibility index (Phi) is 4.65. The molecule has 0 bridgehead atoms. The van der Waals surface area contributed by atoms with E-state index in [4.69, 9.17) is 5.73 Å². The standard InChI is InChI=1S/C14H14BrFN2O2S/c1-18(13-5-3-2-4-12(13)16)21(19,20)14-7-6-10(9-17)8-11(14)15/h2-8H,9,17H2,1H3. The second-order valence-corrected chi connectivity index (χ2v) is 7.18. The van der Waals surface area contributed by atoms with E-state index in [-0.39, 0.29) is 10.6 Å². The van der Waals surface area contributed by atoms with Crippen LogP contribution < -0.4 is 10.0 Å². The molecule has 0 aromatic heterocycles. The van der Waals surface area contributed by atoms with Gasteiger partial charge in [-0.3, -0.25) is 4.31 Å². The molecule has 112 valence electrons. The minimum absolute atomic E-state index is 0.00713. The fourth-order valence-corrected chi connectivity index (χ4v) is 4.15. The van der Waals surface area contributed by atoms with E-state index in [2.05, 4.69) is 15.9 Å². The van der Waals surface area contributed by atoms with Gasteiger partial charge in [0.1, 0.15) is 10.7 Å². The summed E-state index contributed by atoms with van der Waals surface area (Å²) in [5.74, 6) is -0.599. The maximum Gasteiger partial charge on any atom is 0.265 e. The van der Waals surface area contributed by atoms with Crippen molar-refractivity contribution in [3.05, 3.63) is 58.3 Å². The molecule has 0 saturated heterocycles. The van der Waals surface area contributed by atoms with Gasteiger partial charge < -0.3 is 5.73 Å². The lowest BCUT2D eigenvalue weighted by Crippen LogP contribution is -2.27. The molecule has 4 nitrogen and oxygen atoms in total. The van der Waals surface area contributed by atoms with Crippen molar-refractivity contribution in [3.8, 4) is 0 Å². The summed E-state index contributed by atoms with van der Waals surface area (Å²) in [4.78, 5) is 0.0606. The first-order valence-electron chi connectivity index (χ1n) is 6.10. The van der Waals surface area contributed by atoms with Gasteiger partial charge in [-0.05, 0) is 45.8 Å². The first-order chi connectivity index (χ1) is 9.87. The number of nitrogens with zero attached hydrogens (tertiary/aromatic N) is 1. The molecule has 0 atom stereocenters. The van der Waals surface area contributed by atoms with Crippen LogP contribution in [0, 0.1) is 5.82 Å². The van der Waals surface area contributed by atoms with Crippen molar-refractivity contribution < 1.29 is 12.8 Å². The van der Waals surface area contributed by atoms with Gasteiger partial charge in [0, 0.05) is 18.1 Å². The van der Waals surface area contributed by atoms with Crippen LogP contribution in [0.4, 0.5) is 10.1 Å². The Morgan fingerprint density at radius 2 is 1.90 bits per heavy atom. The fourth-order valence-electron chi connectivity index (χ4n) is 1.86. The maximum absolute atomic E-state index is 13.8. The van der Waals surface area contributed by atoms with E-state index in [0.717, 1.165) is 9.87 Å². The molecule has 2 aromatic rings. The summed E-state index contributed by atoms with van der Waals surface area (Å²) in [6, 6.07) is 10.4. The second-order valence-electron chi connectivity index (χ2n) is 4.39. The lowest BCUT2D eigenvalue weighted by atomic mass is 10.2. The molecule has 0 aliphatic rings. The monoisotopic (exact) mass is 372 g/mol. The van der Waals surface area contributed by atoms with Crippen LogP contribution in [0.25, 0.3) is 0 Å². The number of rotatable bonds is 4. The summed E-state index contributed by atoms with van der Waals surface area (Å²) in [7, 11) is -2.55. The average molecular weight is 373 g/mol. The zero-order chi connectivity index (χ0) is 15.6. The zero-order valence-electron chi connectivity index (χ0n) is 11.3. The van der Waals surface area contributed by atoms with Crippen molar-refractivity contribution >= 4 is 31.6 Å². The van der Waals surface area contributed by atoms with E-state index in [1.54, 1.807) is 18.2 Å². The van der Waals surface area contributed by atoms with Gasteiger partial charge in [0.25, 0.3) is 10.0 Å². The molecule has 7 heteroatoms. The van der Waals surface area contributed by atoms with E-state index < -0.39 is 15.8 Å². The van der Waals surface area contributed by atoms with Gasteiger partial charge in [0.15, 0.2) is 0 Å². The minimum Gasteiger partial charge on any atom is -0.326 e. The van der Waals surface area contributed by atoms with Crippen molar-refractivity contribution in [2.24, 2.45) is 5.73 Å². The predicted molar refractivity (Wildman–Crippen MR) is 84.0 cm³/mol. The Morgan fingerprint density at radius 3 is 2.48 bits per heavy atom.